The Hall–Kier alpha value is -1.39. The lowest BCUT2D eigenvalue weighted by Gasteiger charge is -2.08. The van der Waals surface area contributed by atoms with Gasteiger partial charge in [0.2, 0.25) is 0 Å². The fourth-order valence-electron chi connectivity index (χ4n) is 1.92. The molecule has 0 aliphatic carbocycles. The molecule has 0 aromatic carbocycles. The predicted molar refractivity (Wildman–Crippen MR) is 82.9 cm³/mol. The fraction of sp³-hybridized carbons (Fsp3) is 0.200. The third-order valence-corrected chi connectivity index (χ3v) is 5.34. The minimum absolute atomic E-state index is 0.397. The van der Waals surface area contributed by atoms with Crippen LogP contribution in [0.3, 0.4) is 0 Å². The molecule has 0 bridgehead atoms. The van der Waals surface area contributed by atoms with Crippen LogP contribution >= 0.6 is 23.1 Å². The van der Waals surface area contributed by atoms with Gasteiger partial charge in [-0.15, -0.1) is 11.3 Å². The second-order valence-electron chi connectivity index (χ2n) is 4.42. The van der Waals surface area contributed by atoms with Gasteiger partial charge in [0.25, 0.3) is 0 Å². The largest absolute Gasteiger partial charge is 0.247 e. The number of nitrogens with zero attached hydrogens (tertiary/aromatic N) is 2. The highest BCUT2D eigenvalue weighted by Crippen LogP contribution is 2.38. The molecule has 96 valence electrons. The molecule has 1 atom stereocenters. The first-order valence-corrected chi connectivity index (χ1v) is 7.87. The van der Waals surface area contributed by atoms with Gasteiger partial charge in [-0.3, -0.25) is 0 Å². The molecule has 0 aliphatic rings. The summed E-state index contributed by atoms with van der Waals surface area (Å²) in [4.78, 5) is 11.4. The Bertz CT molecular complexity index is 673. The molecule has 19 heavy (non-hydrogen) atoms. The van der Waals surface area contributed by atoms with Crippen LogP contribution in [0.25, 0.3) is 10.2 Å². The summed E-state index contributed by atoms with van der Waals surface area (Å²) in [6.07, 6.45) is 1.85. The van der Waals surface area contributed by atoms with Crippen LogP contribution in [0.4, 0.5) is 0 Å². The summed E-state index contributed by atoms with van der Waals surface area (Å²) in [5, 5.41) is 2.71. The van der Waals surface area contributed by atoms with Gasteiger partial charge in [0.05, 0.1) is 5.03 Å². The maximum Gasteiger partial charge on any atom is 0.123 e. The summed E-state index contributed by atoms with van der Waals surface area (Å²) in [7, 11) is 0. The van der Waals surface area contributed by atoms with Crippen LogP contribution in [0.1, 0.15) is 22.7 Å². The standard InChI is InChI=1S/C15H14N2S2/c1-10-5-3-7-14(17-10)18-11(2)13-9-12-6-4-8-16-15(12)19-13/h3-9,11H,1-2H3. The van der Waals surface area contributed by atoms with Crippen molar-refractivity contribution < 1.29 is 0 Å². The van der Waals surface area contributed by atoms with E-state index >= 15 is 0 Å². The fourth-order valence-corrected chi connectivity index (χ4v) is 4.04. The molecule has 0 aliphatic heterocycles. The molecular weight excluding hydrogens is 272 g/mol. The number of rotatable bonds is 3. The molecule has 3 aromatic rings. The normalized spacial score (nSPS) is 12.7. The summed E-state index contributed by atoms with van der Waals surface area (Å²) in [5.74, 6) is 0. The molecule has 0 N–H and O–H groups in total. The number of thioether (sulfide) groups is 1. The van der Waals surface area contributed by atoms with Crippen LogP contribution in [0.2, 0.25) is 0 Å². The van der Waals surface area contributed by atoms with E-state index in [-0.39, 0.29) is 0 Å². The summed E-state index contributed by atoms with van der Waals surface area (Å²) in [6, 6.07) is 12.5. The predicted octanol–water partition coefficient (Wildman–Crippen LogP) is 4.85. The molecule has 3 rings (SSSR count). The second-order valence-corrected chi connectivity index (χ2v) is 6.85. The molecule has 0 amide bonds. The lowest BCUT2D eigenvalue weighted by atomic mass is 10.3. The monoisotopic (exact) mass is 286 g/mol. The van der Waals surface area contributed by atoms with E-state index in [1.807, 2.05) is 25.3 Å². The van der Waals surface area contributed by atoms with Gasteiger partial charge in [0.1, 0.15) is 4.83 Å². The highest BCUT2D eigenvalue weighted by atomic mass is 32.2. The number of hydrogen-bond acceptors (Lipinski definition) is 4. The average Bonchev–Trinajstić information content (AvgIpc) is 2.82. The van der Waals surface area contributed by atoms with E-state index in [1.165, 1.54) is 10.3 Å². The Labute approximate surface area is 120 Å². The van der Waals surface area contributed by atoms with Gasteiger partial charge >= 0.3 is 0 Å². The molecule has 1 unspecified atom stereocenters. The Morgan fingerprint density at radius 3 is 2.89 bits per heavy atom. The van der Waals surface area contributed by atoms with Gasteiger partial charge in [-0.1, -0.05) is 23.9 Å². The Kier molecular flexibility index (Phi) is 3.53. The molecule has 0 saturated heterocycles. The van der Waals surface area contributed by atoms with Crippen LogP contribution in [0, 0.1) is 6.92 Å². The Morgan fingerprint density at radius 1 is 1.21 bits per heavy atom. The van der Waals surface area contributed by atoms with Gasteiger partial charge in [-0.25, -0.2) is 9.97 Å². The van der Waals surface area contributed by atoms with E-state index in [1.54, 1.807) is 23.1 Å². The number of hydrogen-bond donors (Lipinski definition) is 0. The van der Waals surface area contributed by atoms with Crippen molar-refractivity contribution in [3.8, 4) is 0 Å². The maximum absolute atomic E-state index is 4.54. The van der Waals surface area contributed by atoms with E-state index in [9.17, 15) is 0 Å². The van der Waals surface area contributed by atoms with Crippen molar-refractivity contribution in [3.63, 3.8) is 0 Å². The van der Waals surface area contributed by atoms with Crippen molar-refractivity contribution in [1.29, 1.82) is 0 Å². The van der Waals surface area contributed by atoms with Crippen LogP contribution in [0.15, 0.2) is 47.6 Å². The summed E-state index contributed by atoms with van der Waals surface area (Å²) < 4.78 is 0. The maximum atomic E-state index is 4.54. The number of thiophene rings is 1. The van der Waals surface area contributed by atoms with Crippen molar-refractivity contribution in [1.82, 2.24) is 9.97 Å². The number of aromatic nitrogens is 2. The zero-order valence-corrected chi connectivity index (χ0v) is 12.5. The van der Waals surface area contributed by atoms with Crippen molar-refractivity contribution in [3.05, 3.63) is 53.2 Å². The van der Waals surface area contributed by atoms with E-state index < -0.39 is 0 Å². The van der Waals surface area contributed by atoms with Gasteiger partial charge in [-0.2, -0.15) is 0 Å². The van der Waals surface area contributed by atoms with Gasteiger partial charge < -0.3 is 0 Å². The molecular formula is C15H14N2S2. The third-order valence-electron chi connectivity index (χ3n) is 2.87. The molecule has 2 nitrogen and oxygen atoms in total. The number of fused-ring (bicyclic) bond motifs is 1. The van der Waals surface area contributed by atoms with E-state index in [0.717, 1.165) is 15.6 Å². The Balaban J connectivity index is 1.85. The molecule has 3 heterocycles. The third kappa shape index (κ3) is 2.80. The molecule has 0 fully saturated rings. The minimum atomic E-state index is 0.397. The van der Waals surface area contributed by atoms with Crippen LogP contribution in [-0.4, -0.2) is 9.97 Å². The molecule has 0 spiro atoms. The van der Waals surface area contributed by atoms with Crippen molar-refractivity contribution in [2.45, 2.75) is 24.1 Å². The molecule has 0 saturated carbocycles. The smallest absolute Gasteiger partial charge is 0.123 e. The summed E-state index contributed by atoms with van der Waals surface area (Å²) >= 11 is 3.57. The lowest BCUT2D eigenvalue weighted by Crippen LogP contribution is -1.87. The highest BCUT2D eigenvalue weighted by molar-refractivity contribution is 7.99. The zero-order chi connectivity index (χ0) is 13.2. The highest BCUT2D eigenvalue weighted by Gasteiger charge is 2.12. The van der Waals surface area contributed by atoms with E-state index in [4.69, 9.17) is 0 Å². The topological polar surface area (TPSA) is 25.8 Å². The minimum Gasteiger partial charge on any atom is -0.247 e. The molecule has 3 aromatic heterocycles. The molecule has 4 heteroatoms. The number of aryl methyl sites for hydroxylation is 1. The van der Waals surface area contributed by atoms with Crippen LogP contribution < -0.4 is 0 Å². The van der Waals surface area contributed by atoms with Gasteiger partial charge in [-0.05, 0) is 38.1 Å². The van der Waals surface area contributed by atoms with Crippen LogP contribution in [0.5, 0.6) is 0 Å². The van der Waals surface area contributed by atoms with Gasteiger partial charge in [0, 0.05) is 27.4 Å². The first-order valence-electron chi connectivity index (χ1n) is 6.17. The quantitative estimate of drug-likeness (QED) is 0.643. The van der Waals surface area contributed by atoms with Gasteiger partial charge in [0.15, 0.2) is 0 Å². The second kappa shape index (κ2) is 5.31. The van der Waals surface area contributed by atoms with Crippen LogP contribution in [-0.2, 0) is 0 Å². The van der Waals surface area contributed by atoms with E-state index in [0.29, 0.717) is 5.25 Å². The van der Waals surface area contributed by atoms with Crippen molar-refractivity contribution in [2.24, 2.45) is 0 Å². The van der Waals surface area contributed by atoms with Crippen molar-refractivity contribution >= 4 is 33.3 Å². The number of pyridine rings is 2. The first kappa shape index (κ1) is 12.6. The lowest BCUT2D eigenvalue weighted by molar-refractivity contribution is 1.04. The SMILES string of the molecule is Cc1cccc(SC(C)c2cc3cccnc3s2)n1. The summed E-state index contributed by atoms with van der Waals surface area (Å²) in [6.45, 7) is 4.25. The van der Waals surface area contributed by atoms with E-state index in [2.05, 4.69) is 41.2 Å². The average molecular weight is 286 g/mol. The van der Waals surface area contributed by atoms with Crippen molar-refractivity contribution in [2.75, 3.05) is 0 Å². The first-order chi connectivity index (χ1) is 9.22. The summed E-state index contributed by atoms with van der Waals surface area (Å²) in [5.41, 5.74) is 1.07. The molecule has 0 radical (unpaired) electrons. The zero-order valence-electron chi connectivity index (χ0n) is 10.8. The Morgan fingerprint density at radius 2 is 2.11 bits per heavy atom.